The number of fused-ring (bicyclic) bond motifs is 1. The number of hydrogen-bond donors (Lipinski definition) is 2. The van der Waals surface area contributed by atoms with E-state index in [1.807, 2.05) is 0 Å². The average molecular weight is 496 g/mol. The number of hydrogen-bond acceptors (Lipinski definition) is 5. The molecule has 0 radical (unpaired) electrons. The summed E-state index contributed by atoms with van der Waals surface area (Å²) < 4.78 is 92.7. The largest absolute Gasteiger partial charge is 0.487 e. The summed E-state index contributed by atoms with van der Waals surface area (Å²) in [5, 5.41) is 14.2. The number of alkyl halides is 2. The average Bonchev–Trinajstić information content (AvgIpc) is 3.15. The Bertz CT molecular complexity index is 1390. The minimum Gasteiger partial charge on any atom is -0.487 e. The SMILES string of the molecule is CC(O)(c1ccc(F)cc1)C(F)(F)CCOc1c(F)cc(F)c(-c2ccn3nc(N)nc3c2)c1F. The van der Waals surface area contributed by atoms with E-state index in [2.05, 4.69) is 10.1 Å². The van der Waals surface area contributed by atoms with Gasteiger partial charge in [0.05, 0.1) is 12.2 Å². The maximum atomic E-state index is 15.1. The number of pyridine rings is 1. The van der Waals surface area contributed by atoms with Crippen LogP contribution in [0.4, 0.5) is 32.3 Å². The standard InChI is InChI=1S/C23H18F6N4O2/c1-22(34,13-2-4-14(24)5-3-13)23(28,29)7-9-35-20-16(26)11-15(25)18(19(20)27)12-6-8-33-17(10-12)31-21(30)32-33/h2-6,8,10-11,34H,7,9H2,1H3,(H2,30,32). The van der Waals surface area contributed by atoms with Crippen molar-refractivity contribution >= 4 is 11.6 Å². The van der Waals surface area contributed by atoms with E-state index >= 15 is 4.39 Å². The predicted molar refractivity (Wildman–Crippen MR) is 114 cm³/mol. The summed E-state index contributed by atoms with van der Waals surface area (Å²) in [6.07, 6.45) is 0.169. The maximum Gasteiger partial charge on any atom is 0.283 e. The molecule has 35 heavy (non-hydrogen) atoms. The molecule has 184 valence electrons. The van der Waals surface area contributed by atoms with E-state index < -0.39 is 59.1 Å². The minimum atomic E-state index is -3.83. The van der Waals surface area contributed by atoms with Gasteiger partial charge in [-0.25, -0.2) is 30.9 Å². The van der Waals surface area contributed by atoms with Gasteiger partial charge in [-0.15, -0.1) is 5.10 Å². The normalized spacial score (nSPS) is 13.7. The molecule has 0 aliphatic carbocycles. The van der Waals surface area contributed by atoms with Crippen LogP contribution in [0.25, 0.3) is 16.8 Å². The first-order chi connectivity index (χ1) is 16.4. The Labute approximate surface area is 194 Å². The third-order valence-electron chi connectivity index (χ3n) is 5.55. The first-order valence-electron chi connectivity index (χ1n) is 10.2. The molecule has 0 saturated carbocycles. The zero-order valence-corrected chi connectivity index (χ0v) is 18.1. The van der Waals surface area contributed by atoms with E-state index in [-0.39, 0.29) is 22.7 Å². The molecule has 0 saturated heterocycles. The Morgan fingerprint density at radius 3 is 2.40 bits per heavy atom. The summed E-state index contributed by atoms with van der Waals surface area (Å²) in [7, 11) is 0. The van der Waals surface area contributed by atoms with Gasteiger partial charge in [-0.2, -0.15) is 4.98 Å². The molecule has 2 heterocycles. The molecular weight excluding hydrogens is 478 g/mol. The maximum absolute atomic E-state index is 15.1. The van der Waals surface area contributed by atoms with Crippen molar-refractivity contribution in [3.8, 4) is 16.9 Å². The summed E-state index contributed by atoms with van der Waals surface area (Å²) >= 11 is 0. The van der Waals surface area contributed by atoms with Crippen LogP contribution in [-0.4, -0.2) is 32.2 Å². The lowest BCUT2D eigenvalue weighted by atomic mass is 9.87. The van der Waals surface area contributed by atoms with Gasteiger partial charge in [-0.05, 0) is 42.3 Å². The molecule has 2 aromatic carbocycles. The number of rotatable bonds is 7. The van der Waals surface area contributed by atoms with E-state index in [9.17, 15) is 27.1 Å². The summed E-state index contributed by atoms with van der Waals surface area (Å²) in [4.78, 5) is 3.88. The highest BCUT2D eigenvalue weighted by Crippen LogP contribution is 2.40. The van der Waals surface area contributed by atoms with Gasteiger partial charge in [0.15, 0.2) is 28.6 Å². The highest BCUT2D eigenvalue weighted by molar-refractivity contribution is 5.70. The molecule has 0 aliphatic rings. The topological polar surface area (TPSA) is 85.7 Å². The number of aliphatic hydroxyl groups is 1. The second-order valence-corrected chi connectivity index (χ2v) is 7.93. The molecule has 4 rings (SSSR count). The molecule has 3 N–H and O–H groups in total. The smallest absolute Gasteiger partial charge is 0.283 e. The number of anilines is 1. The van der Waals surface area contributed by atoms with Crippen molar-refractivity contribution in [2.75, 3.05) is 12.3 Å². The van der Waals surface area contributed by atoms with Crippen LogP contribution in [0.5, 0.6) is 5.75 Å². The Morgan fingerprint density at radius 2 is 1.71 bits per heavy atom. The van der Waals surface area contributed by atoms with Gasteiger partial charge in [-0.1, -0.05) is 12.1 Å². The fourth-order valence-corrected chi connectivity index (χ4v) is 3.53. The van der Waals surface area contributed by atoms with E-state index in [1.165, 1.54) is 22.8 Å². The fourth-order valence-electron chi connectivity index (χ4n) is 3.53. The van der Waals surface area contributed by atoms with Crippen molar-refractivity contribution in [3.63, 3.8) is 0 Å². The number of halogens is 6. The summed E-state index contributed by atoms with van der Waals surface area (Å²) in [5.74, 6) is -9.81. The zero-order chi connectivity index (χ0) is 25.5. The van der Waals surface area contributed by atoms with Crippen LogP contribution < -0.4 is 10.5 Å². The van der Waals surface area contributed by atoms with Crippen LogP contribution in [0.2, 0.25) is 0 Å². The highest BCUT2D eigenvalue weighted by Gasteiger charge is 2.50. The second-order valence-electron chi connectivity index (χ2n) is 7.93. The Hall–Kier alpha value is -3.80. The van der Waals surface area contributed by atoms with Crippen molar-refractivity contribution in [1.29, 1.82) is 0 Å². The lowest BCUT2D eigenvalue weighted by Crippen LogP contribution is -2.43. The Balaban J connectivity index is 1.58. The van der Waals surface area contributed by atoms with Gasteiger partial charge < -0.3 is 15.6 Å². The summed E-state index contributed by atoms with van der Waals surface area (Å²) in [6.45, 7) is -0.103. The van der Waals surface area contributed by atoms with Crippen LogP contribution in [0.15, 0.2) is 48.7 Å². The number of nitrogen functional groups attached to an aromatic ring is 1. The van der Waals surface area contributed by atoms with Crippen LogP contribution in [-0.2, 0) is 5.60 Å². The molecule has 0 fully saturated rings. The van der Waals surface area contributed by atoms with Crippen molar-refractivity contribution in [2.45, 2.75) is 24.9 Å². The van der Waals surface area contributed by atoms with E-state index in [0.29, 0.717) is 6.07 Å². The van der Waals surface area contributed by atoms with E-state index in [1.54, 1.807) is 0 Å². The van der Waals surface area contributed by atoms with Crippen molar-refractivity contribution < 1.29 is 36.2 Å². The third kappa shape index (κ3) is 4.48. The molecule has 12 heteroatoms. The van der Waals surface area contributed by atoms with Crippen LogP contribution in [0.3, 0.4) is 0 Å². The van der Waals surface area contributed by atoms with Crippen molar-refractivity contribution in [3.05, 3.63) is 77.5 Å². The van der Waals surface area contributed by atoms with Gasteiger partial charge in [0.25, 0.3) is 5.92 Å². The minimum absolute atomic E-state index is 0.0469. The van der Waals surface area contributed by atoms with E-state index in [0.717, 1.165) is 31.2 Å². The number of ether oxygens (including phenoxy) is 1. The summed E-state index contributed by atoms with van der Waals surface area (Å²) in [5.41, 5.74) is 1.93. The highest BCUT2D eigenvalue weighted by atomic mass is 19.3. The van der Waals surface area contributed by atoms with Gasteiger partial charge in [-0.3, -0.25) is 0 Å². The van der Waals surface area contributed by atoms with Gasteiger partial charge in [0.1, 0.15) is 11.6 Å². The van der Waals surface area contributed by atoms with Crippen LogP contribution in [0, 0.1) is 23.3 Å². The quantitative estimate of drug-likeness (QED) is 0.358. The molecule has 0 bridgehead atoms. The van der Waals surface area contributed by atoms with Crippen molar-refractivity contribution in [1.82, 2.24) is 14.6 Å². The second kappa shape index (κ2) is 8.77. The molecule has 1 unspecified atom stereocenters. The van der Waals surface area contributed by atoms with Gasteiger partial charge in [0.2, 0.25) is 5.95 Å². The third-order valence-corrected chi connectivity index (χ3v) is 5.55. The number of aromatic nitrogens is 3. The number of nitrogens with two attached hydrogens (primary N) is 1. The first kappa shape index (κ1) is 24.3. The predicted octanol–water partition coefficient (Wildman–Crippen LogP) is 4.85. The molecular formula is C23H18F6N4O2. The molecule has 4 aromatic rings. The van der Waals surface area contributed by atoms with Crippen molar-refractivity contribution in [2.24, 2.45) is 0 Å². The molecule has 0 spiro atoms. The lowest BCUT2D eigenvalue weighted by Gasteiger charge is -2.33. The monoisotopic (exact) mass is 496 g/mol. The van der Waals surface area contributed by atoms with Gasteiger partial charge in [0, 0.05) is 18.7 Å². The molecule has 1 atom stereocenters. The lowest BCUT2D eigenvalue weighted by molar-refractivity contribution is -0.184. The Kier molecular flexibility index (Phi) is 6.09. The number of benzene rings is 2. The summed E-state index contributed by atoms with van der Waals surface area (Å²) in [6, 6.07) is 6.70. The van der Waals surface area contributed by atoms with Crippen LogP contribution in [0.1, 0.15) is 18.9 Å². The number of nitrogens with zero attached hydrogens (tertiary/aromatic N) is 3. The fraction of sp³-hybridized carbons (Fsp3) is 0.217. The van der Waals surface area contributed by atoms with E-state index in [4.69, 9.17) is 10.5 Å². The van der Waals surface area contributed by atoms with Crippen LogP contribution >= 0.6 is 0 Å². The molecule has 0 aliphatic heterocycles. The van der Waals surface area contributed by atoms with Gasteiger partial charge >= 0.3 is 0 Å². The zero-order valence-electron chi connectivity index (χ0n) is 18.1. The molecule has 0 amide bonds. The first-order valence-corrected chi connectivity index (χ1v) is 10.2. The molecule has 6 nitrogen and oxygen atoms in total. The molecule has 2 aromatic heterocycles. The Morgan fingerprint density at radius 1 is 1.03 bits per heavy atom.